The second kappa shape index (κ2) is 6.69. The van der Waals surface area contributed by atoms with Crippen molar-refractivity contribution in [2.24, 2.45) is 0 Å². The zero-order valence-corrected chi connectivity index (χ0v) is 13.0. The maximum absolute atomic E-state index is 12.1. The van der Waals surface area contributed by atoms with Crippen molar-refractivity contribution >= 4 is 44.8 Å². The Hall–Kier alpha value is -1.92. The fourth-order valence-corrected chi connectivity index (χ4v) is 2.35. The molecule has 0 saturated carbocycles. The lowest BCUT2D eigenvalue weighted by atomic mass is 10.1. The van der Waals surface area contributed by atoms with Crippen LogP contribution in [0.3, 0.4) is 0 Å². The lowest BCUT2D eigenvalue weighted by Gasteiger charge is -2.12. The van der Waals surface area contributed by atoms with E-state index in [1.54, 1.807) is 24.3 Å². The molecule has 0 spiro atoms. The van der Waals surface area contributed by atoms with Crippen molar-refractivity contribution in [3.8, 4) is 0 Å². The van der Waals surface area contributed by atoms with Crippen LogP contribution in [-0.4, -0.2) is 10.8 Å². The summed E-state index contributed by atoms with van der Waals surface area (Å²) in [6, 6.07) is 13.0. The third-order valence-corrected chi connectivity index (χ3v) is 3.85. The number of hydrogen-bond acceptors (Lipinski definition) is 3. The van der Waals surface area contributed by atoms with Crippen molar-refractivity contribution in [2.75, 3.05) is 5.32 Å². The van der Waals surface area contributed by atoms with Crippen LogP contribution in [0.4, 0.5) is 11.4 Å². The van der Waals surface area contributed by atoms with Crippen molar-refractivity contribution in [1.82, 2.24) is 0 Å². The van der Waals surface area contributed by atoms with E-state index in [2.05, 4.69) is 21.2 Å². The summed E-state index contributed by atoms with van der Waals surface area (Å²) in [7, 11) is 0. The lowest BCUT2D eigenvalue weighted by Crippen LogP contribution is -2.17. The average molecular weight is 370 g/mol. The molecular formula is C14H10BrClN2O3. The molecule has 0 aromatic heterocycles. The van der Waals surface area contributed by atoms with Crippen LogP contribution in [0, 0.1) is 10.1 Å². The smallest absolute Gasteiger partial charge is 0.270 e. The van der Waals surface area contributed by atoms with Gasteiger partial charge in [0.05, 0.1) is 10.6 Å². The van der Waals surface area contributed by atoms with E-state index >= 15 is 0 Å². The Balaban J connectivity index is 2.15. The van der Waals surface area contributed by atoms with Crippen LogP contribution in [0.25, 0.3) is 0 Å². The largest absolute Gasteiger partial charge is 0.323 e. The third-order valence-electron chi connectivity index (χ3n) is 2.74. The van der Waals surface area contributed by atoms with E-state index in [1.807, 2.05) is 6.07 Å². The molecule has 1 N–H and O–H groups in total. The molecule has 2 rings (SSSR count). The normalized spacial score (nSPS) is 11.7. The summed E-state index contributed by atoms with van der Waals surface area (Å²) < 4.78 is 0.418. The van der Waals surface area contributed by atoms with Crippen molar-refractivity contribution in [3.05, 3.63) is 68.7 Å². The van der Waals surface area contributed by atoms with Crippen LogP contribution in [0.15, 0.2) is 53.0 Å². The van der Waals surface area contributed by atoms with Gasteiger partial charge in [0.25, 0.3) is 5.69 Å². The Morgan fingerprint density at radius 3 is 2.48 bits per heavy atom. The van der Waals surface area contributed by atoms with Crippen LogP contribution in [0.2, 0.25) is 0 Å². The van der Waals surface area contributed by atoms with Gasteiger partial charge in [-0.3, -0.25) is 14.9 Å². The van der Waals surface area contributed by atoms with E-state index in [0.717, 1.165) is 0 Å². The molecule has 1 atom stereocenters. The fraction of sp³-hybridized carbons (Fsp3) is 0.0714. The predicted molar refractivity (Wildman–Crippen MR) is 84.5 cm³/mol. The van der Waals surface area contributed by atoms with Gasteiger partial charge in [0, 0.05) is 16.6 Å². The summed E-state index contributed by atoms with van der Waals surface area (Å²) in [5, 5.41) is 12.5. The van der Waals surface area contributed by atoms with Crippen LogP contribution in [0.1, 0.15) is 10.9 Å². The SMILES string of the molecule is O=C(Nc1ccc([N+](=O)[O-])cc1Br)[C@H](Cl)c1ccccc1. The summed E-state index contributed by atoms with van der Waals surface area (Å²) in [4.78, 5) is 22.2. The Kier molecular flexibility index (Phi) is 4.93. The molecule has 0 aliphatic heterocycles. The summed E-state index contributed by atoms with van der Waals surface area (Å²) in [5.41, 5.74) is 1.03. The number of carbonyl (C=O) groups excluding carboxylic acids is 1. The second-order valence-electron chi connectivity index (χ2n) is 4.18. The van der Waals surface area contributed by atoms with Gasteiger partial charge in [0.1, 0.15) is 5.38 Å². The van der Waals surface area contributed by atoms with Gasteiger partial charge in [-0.25, -0.2) is 0 Å². The van der Waals surface area contributed by atoms with Gasteiger partial charge >= 0.3 is 0 Å². The molecule has 0 unspecified atom stereocenters. The summed E-state index contributed by atoms with van der Waals surface area (Å²) >= 11 is 9.29. The van der Waals surface area contributed by atoms with Crippen LogP contribution < -0.4 is 5.32 Å². The number of nitrogens with one attached hydrogen (secondary N) is 1. The summed E-state index contributed by atoms with van der Waals surface area (Å²) in [5.74, 6) is -0.405. The minimum Gasteiger partial charge on any atom is -0.323 e. The minimum atomic E-state index is -0.840. The molecule has 5 nitrogen and oxygen atoms in total. The van der Waals surface area contributed by atoms with Gasteiger partial charge in [-0.05, 0) is 27.6 Å². The Morgan fingerprint density at radius 1 is 1.24 bits per heavy atom. The van der Waals surface area contributed by atoms with E-state index in [9.17, 15) is 14.9 Å². The Morgan fingerprint density at radius 2 is 1.90 bits per heavy atom. The van der Waals surface area contributed by atoms with E-state index < -0.39 is 16.2 Å². The van der Waals surface area contributed by atoms with E-state index in [0.29, 0.717) is 15.7 Å². The molecule has 0 fully saturated rings. The molecular weight excluding hydrogens is 360 g/mol. The monoisotopic (exact) mass is 368 g/mol. The average Bonchev–Trinajstić information content (AvgIpc) is 2.49. The Bertz CT molecular complexity index is 679. The molecule has 0 radical (unpaired) electrons. The summed E-state index contributed by atoms with van der Waals surface area (Å²) in [6.45, 7) is 0. The number of hydrogen-bond donors (Lipinski definition) is 1. The molecule has 0 aliphatic rings. The summed E-state index contributed by atoms with van der Waals surface area (Å²) in [6.07, 6.45) is 0. The van der Waals surface area contributed by atoms with Crippen molar-refractivity contribution in [1.29, 1.82) is 0 Å². The highest BCUT2D eigenvalue weighted by Gasteiger charge is 2.19. The number of non-ortho nitro benzene ring substituents is 1. The second-order valence-corrected chi connectivity index (χ2v) is 5.47. The molecule has 0 aliphatic carbocycles. The number of nitro benzene ring substituents is 1. The molecule has 2 aromatic rings. The lowest BCUT2D eigenvalue weighted by molar-refractivity contribution is -0.384. The Labute approximate surface area is 134 Å². The maximum atomic E-state index is 12.1. The molecule has 7 heteroatoms. The number of carbonyl (C=O) groups is 1. The van der Waals surface area contributed by atoms with Gasteiger partial charge in [-0.1, -0.05) is 30.3 Å². The van der Waals surface area contributed by atoms with Gasteiger partial charge < -0.3 is 5.32 Å². The molecule has 21 heavy (non-hydrogen) atoms. The van der Waals surface area contributed by atoms with Gasteiger partial charge in [-0.15, -0.1) is 11.6 Å². The van der Waals surface area contributed by atoms with Crippen molar-refractivity contribution < 1.29 is 9.72 Å². The first-order valence-corrected chi connectivity index (χ1v) is 7.16. The number of nitrogens with zero attached hydrogens (tertiary/aromatic N) is 1. The first-order valence-electron chi connectivity index (χ1n) is 5.93. The standard InChI is InChI=1S/C14H10BrClN2O3/c15-11-8-10(18(20)21)6-7-12(11)17-14(19)13(16)9-4-2-1-3-5-9/h1-8,13H,(H,17,19)/t13-/m1/s1. The molecule has 2 aromatic carbocycles. The number of nitro groups is 1. The maximum Gasteiger partial charge on any atom is 0.270 e. The molecule has 1 amide bonds. The van der Waals surface area contributed by atoms with E-state index in [4.69, 9.17) is 11.6 Å². The number of halogens is 2. The van der Waals surface area contributed by atoms with Crippen LogP contribution >= 0.6 is 27.5 Å². The van der Waals surface area contributed by atoms with Crippen LogP contribution in [-0.2, 0) is 4.79 Å². The highest BCUT2D eigenvalue weighted by molar-refractivity contribution is 9.10. The van der Waals surface area contributed by atoms with Crippen molar-refractivity contribution in [3.63, 3.8) is 0 Å². The highest BCUT2D eigenvalue weighted by Crippen LogP contribution is 2.29. The highest BCUT2D eigenvalue weighted by atomic mass is 79.9. The number of alkyl halides is 1. The fourth-order valence-electron chi connectivity index (χ4n) is 1.69. The number of benzene rings is 2. The first-order chi connectivity index (χ1) is 9.99. The van der Waals surface area contributed by atoms with E-state index in [1.165, 1.54) is 18.2 Å². The zero-order valence-electron chi connectivity index (χ0n) is 10.6. The number of amides is 1. The zero-order chi connectivity index (χ0) is 15.4. The van der Waals surface area contributed by atoms with Gasteiger partial charge in [-0.2, -0.15) is 0 Å². The molecule has 0 bridgehead atoms. The topological polar surface area (TPSA) is 72.2 Å². The molecule has 0 saturated heterocycles. The third kappa shape index (κ3) is 3.80. The number of rotatable bonds is 4. The molecule has 108 valence electrons. The molecule has 0 heterocycles. The predicted octanol–water partition coefficient (Wildman–Crippen LogP) is 4.28. The minimum absolute atomic E-state index is 0.0645. The van der Waals surface area contributed by atoms with Crippen LogP contribution in [0.5, 0.6) is 0 Å². The van der Waals surface area contributed by atoms with Crippen molar-refractivity contribution in [2.45, 2.75) is 5.38 Å². The van der Waals surface area contributed by atoms with Gasteiger partial charge in [0.15, 0.2) is 0 Å². The number of anilines is 1. The van der Waals surface area contributed by atoms with Gasteiger partial charge in [0.2, 0.25) is 5.91 Å². The first kappa shape index (κ1) is 15.5. The van der Waals surface area contributed by atoms with E-state index in [-0.39, 0.29) is 5.69 Å². The quantitative estimate of drug-likeness (QED) is 0.497.